The number of amides is 1. The molecule has 8 nitrogen and oxygen atoms in total. The van der Waals surface area contributed by atoms with Gasteiger partial charge in [-0.1, -0.05) is 25.1 Å². The van der Waals surface area contributed by atoms with Gasteiger partial charge in [-0.15, -0.1) is 0 Å². The highest BCUT2D eigenvalue weighted by molar-refractivity contribution is 5.97. The van der Waals surface area contributed by atoms with Gasteiger partial charge in [0.15, 0.2) is 0 Å². The number of aromatic nitrogens is 4. The van der Waals surface area contributed by atoms with Crippen LogP contribution >= 0.6 is 0 Å². The van der Waals surface area contributed by atoms with E-state index in [-0.39, 0.29) is 17.9 Å². The molecule has 1 aliphatic rings. The van der Waals surface area contributed by atoms with E-state index in [1.165, 1.54) is 5.39 Å². The molecule has 1 fully saturated rings. The van der Waals surface area contributed by atoms with Crippen LogP contribution in [0, 0.1) is 5.92 Å². The molecule has 0 radical (unpaired) electrons. The summed E-state index contributed by atoms with van der Waals surface area (Å²) < 4.78 is 2.12. The highest BCUT2D eigenvalue weighted by Gasteiger charge is 2.33. The summed E-state index contributed by atoms with van der Waals surface area (Å²) in [5.74, 6) is 7.51. The largest absolute Gasteiger partial charge is 0.351 e. The zero-order valence-electron chi connectivity index (χ0n) is 22.4. The highest BCUT2D eigenvalue weighted by atomic mass is 16.2. The molecule has 1 saturated heterocycles. The Kier molecular flexibility index (Phi) is 6.70. The number of piperidine rings is 1. The third-order valence-electron chi connectivity index (χ3n) is 8.02. The second kappa shape index (κ2) is 10.5. The van der Waals surface area contributed by atoms with E-state index in [1.807, 2.05) is 35.2 Å². The number of hydrazine groups is 1. The number of aryl methyl sites for hydroxylation is 1. The molecule has 5 aromatic rings. The minimum Gasteiger partial charge on any atom is -0.351 e. The Morgan fingerprint density at radius 1 is 1.08 bits per heavy atom. The summed E-state index contributed by atoms with van der Waals surface area (Å²) in [6, 6.07) is 16.7. The Morgan fingerprint density at radius 3 is 2.67 bits per heavy atom. The van der Waals surface area contributed by atoms with Crippen LogP contribution in [0.2, 0.25) is 0 Å². The smallest absolute Gasteiger partial charge is 0.222 e. The van der Waals surface area contributed by atoms with Crippen molar-refractivity contribution in [3.05, 3.63) is 85.1 Å². The van der Waals surface area contributed by atoms with Crippen LogP contribution < -0.4 is 10.9 Å². The van der Waals surface area contributed by atoms with Crippen LogP contribution in [-0.2, 0) is 11.8 Å². The average Bonchev–Trinajstić information content (AvgIpc) is 3.36. The molecule has 198 valence electrons. The standard InChI is InChI=1S/C31H33N7O/c1-3-29(39)37-15-9-22(10-16-37)31(24-5-4-11-33-20-24)38(32)25-18-26(30-27(19-25)34-12-13-35-30)23-7-6-21-8-14-36(2)28(21)17-23/h4-8,11-14,17-20,22,31H,3,9-10,15-16,32H2,1-2H3. The number of carbonyl (C=O) groups is 1. The zero-order valence-corrected chi connectivity index (χ0v) is 22.4. The van der Waals surface area contributed by atoms with E-state index >= 15 is 0 Å². The summed E-state index contributed by atoms with van der Waals surface area (Å²) in [6.07, 6.45) is 11.5. The Labute approximate surface area is 228 Å². The molecule has 1 aliphatic heterocycles. The minimum atomic E-state index is -0.102. The number of rotatable bonds is 6. The SMILES string of the molecule is CCC(=O)N1CCC(C(c2cccnc2)N(N)c2cc(-c3ccc4ccn(C)c4c3)c3nccnc3c2)CC1. The molecule has 8 heteroatoms. The number of fused-ring (bicyclic) bond motifs is 2. The first kappa shape index (κ1) is 25.0. The fourth-order valence-corrected chi connectivity index (χ4v) is 5.92. The second-order valence-electron chi connectivity index (χ2n) is 10.3. The van der Waals surface area contributed by atoms with Crippen LogP contribution in [0.1, 0.15) is 37.8 Å². The molecule has 0 spiro atoms. The third kappa shape index (κ3) is 4.72. The second-order valence-corrected chi connectivity index (χ2v) is 10.3. The van der Waals surface area contributed by atoms with Crippen LogP contribution in [0.3, 0.4) is 0 Å². The molecule has 0 aliphatic carbocycles. The van der Waals surface area contributed by atoms with Gasteiger partial charge < -0.3 is 14.5 Å². The molecular weight excluding hydrogens is 486 g/mol. The van der Waals surface area contributed by atoms with Crippen molar-refractivity contribution in [2.75, 3.05) is 18.1 Å². The lowest BCUT2D eigenvalue weighted by molar-refractivity contribution is -0.132. The zero-order chi connectivity index (χ0) is 26.9. The van der Waals surface area contributed by atoms with Crippen LogP contribution in [0.15, 0.2) is 79.5 Å². The van der Waals surface area contributed by atoms with E-state index in [4.69, 9.17) is 10.8 Å². The minimum absolute atomic E-state index is 0.102. The molecule has 1 unspecified atom stereocenters. The molecular formula is C31H33N7O. The number of hydrogen-bond donors (Lipinski definition) is 1. The van der Waals surface area contributed by atoms with Gasteiger partial charge in [0.1, 0.15) is 0 Å². The molecule has 2 N–H and O–H groups in total. The van der Waals surface area contributed by atoms with Crippen molar-refractivity contribution in [3.63, 3.8) is 0 Å². The van der Waals surface area contributed by atoms with Gasteiger partial charge >= 0.3 is 0 Å². The first-order chi connectivity index (χ1) is 19.0. The fourth-order valence-electron chi connectivity index (χ4n) is 5.92. The number of nitrogens with two attached hydrogens (primary N) is 1. The maximum Gasteiger partial charge on any atom is 0.222 e. The van der Waals surface area contributed by atoms with Gasteiger partial charge in [-0.3, -0.25) is 19.7 Å². The summed E-state index contributed by atoms with van der Waals surface area (Å²) in [5, 5.41) is 3.07. The number of benzene rings is 2. The first-order valence-electron chi connectivity index (χ1n) is 13.6. The van der Waals surface area contributed by atoms with Gasteiger partial charge in [0.25, 0.3) is 0 Å². The number of likely N-dealkylation sites (tertiary alicyclic amines) is 1. The lowest BCUT2D eigenvalue weighted by atomic mass is 9.85. The van der Waals surface area contributed by atoms with Crippen LogP contribution in [0.25, 0.3) is 33.1 Å². The maximum atomic E-state index is 12.3. The monoisotopic (exact) mass is 519 g/mol. The summed E-state index contributed by atoms with van der Waals surface area (Å²) in [6.45, 7) is 3.41. The predicted molar refractivity (Wildman–Crippen MR) is 155 cm³/mol. The van der Waals surface area contributed by atoms with Crippen molar-refractivity contribution in [1.82, 2.24) is 24.4 Å². The molecule has 4 heterocycles. The Bertz CT molecular complexity index is 1620. The molecule has 1 amide bonds. The topological polar surface area (TPSA) is 93.2 Å². The predicted octanol–water partition coefficient (Wildman–Crippen LogP) is 5.25. The lowest BCUT2D eigenvalue weighted by Gasteiger charge is -2.40. The molecule has 1 atom stereocenters. The van der Waals surface area contributed by atoms with Crippen molar-refractivity contribution in [2.45, 2.75) is 32.2 Å². The van der Waals surface area contributed by atoms with Gasteiger partial charge in [0, 0.05) is 68.6 Å². The molecule has 0 saturated carbocycles. The van der Waals surface area contributed by atoms with Crippen LogP contribution in [-0.4, -0.2) is 43.4 Å². The number of hydrogen-bond acceptors (Lipinski definition) is 6. The number of carbonyl (C=O) groups excluding carboxylic acids is 1. The maximum absolute atomic E-state index is 12.3. The normalized spacial score (nSPS) is 15.1. The van der Waals surface area contributed by atoms with E-state index in [9.17, 15) is 4.79 Å². The van der Waals surface area contributed by atoms with Gasteiger partial charge in [-0.25, -0.2) is 5.84 Å². The highest BCUT2D eigenvalue weighted by Crippen LogP contribution is 2.39. The van der Waals surface area contributed by atoms with Crippen molar-refractivity contribution < 1.29 is 4.79 Å². The molecule has 3 aromatic heterocycles. The summed E-state index contributed by atoms with van der Waals surface area (Å²) in [4.78, 5) is 28.1. The molecule has 39 heavy (non-hydrogen) atoms. The Hall–Kier alpha value is -4.30. The van der Waals surface area contributed by atoms with Crippen molar-refractivity contribution >= 4 is 33.5 Å². The van der Waals surface area contributed by atoms with Gasteiger partial charge in [0.05, 0.1) is 22.8 Å². The summed E-state index contributed by atoms with van der Waals surface area (Å²) >= 11 is 0. The summed E-state index contributed by atoms with van der Waals surface area (Å²) in [7, 11) is 2.06. The van der Waals surface area contributed by atoms with Crippen LogP contribution in [0.4, 0.5) is 5.69 Å². The first-order valence-corrected chi connectivity index (χ1v) is 13.6. The number of anilines is 1. The summed E-state index contributed by atoms with van der Waals surface area (Å²) in [5.41, 5.74) is 6.77. The number of nitrogens with zero attached hydrogens (tertiary/aromatic N) is 6. The lowest BCUT2D eigenvalue weighted by Crippen LogP contribution is -2.45. The van der Waals surface area contributed by atoms with Crippen molar-refractivity contribution in [3.8, 4) is 11.1 Å². The van der Waals surface area contributed by atoms with Crippen molar-refractivity contribution in [2.24, 2.45) is 18.8 Å². The molecule has 0 bridgehead atoms. The van der Waals surface area contributed by atoms with E-state index in [0.29, 0.717) is 6.42 Å². The average molecular weight is 520 g/mol. The molecule has 2 aromatic carbocycles. The quantitative estimate of drug-likeness (QED) is 0.243. The third-order valence-corrected chi connectivity index (χ3v) is 8.02. The van der Waals surface area contributed by atoms with E-state index < -0.39 is 0 Å². The fraction of sp³-hybridized carbons (Fsp3) is 0.290. The van der Waals surface area contributed by atoms with Crippen LogP contribution in [0.5, 0.6) is 0 Å². The van der Waals surface area contributed by atoms with Gasteiger partial charge in [-0.2, -0.15) is 0 Å². The van der Waals surface area contributed by atoms with Gasteiger partial charge in [-0.05, 0) is 65.6 Å². The molecule has 6 rings (SSSR count). The Morgan fingerprint density at radius 2 is 1.90 bits per heavy atom. The van der Waals surface area contributed by atoms with E-state index in [1.54, 1.807) is 18.6 Å². The van der Waals surface area contributed by atoms with Gasteiger partial charge in [0.2, 0.25) is 5.91 Å². The van der Waals surface area contributed by atoms with E-state index in [2.05, 4.69) is 64.2 Å². The Balaban J connectivity index is 1.42. The van der Waals surface area contributed by atoms with E-state index in [0.717, 1.165) is 64.9 Å². The van der Waals surface area contributed by atoms with Crippen molar-refractivity contribution in [1.29, 1.82) is 0 Å². The number of pyridine rings is 1.